The normalized spacial score (nSPS) is 26.2. The molecule has 1 aliphatic carbocycles. The number of hydrogen-bond donors (Lipinski definition) is 1. The Hall–Kier alpha value is -0.240. The molecule has 3 heteroatoms. The highest BCUT2D eigenvalue weighted by Crippen LogP contribution is 2.39. The van der Waals surface area contributed by atoms with Crippen LogP contribution in [0.15, 0.2) is 12.1 Å². The van der Waals surface area contributed by atoms with E-state index >= 15 is 0 Å². The van der Waals surface area contributed by atoms with Crippen LogP contribution in [0.3, 0.4) is 0 Å². The van der Waals surface area contributed by atoms with Gasteiger partial charge in [-0.25, -0.2) is 0 Å². The fraction of sp³-hybridized carbons (Fsp3) is 0.400. The van der Waals surface area contributed by atoms with Crippen LogP contribution >= 0.6 is 23.2 Å². The Morgan fingerprint density at radius 2 is 2.08 bits per heavy atom. The van der Waals surface area contributed by atoms with E-state index in [4.69, 9.17) is 28.9 Å². The van der Waals surface area contributed by atoms with Gasteiger partial charge in [0, 0.05) is 16.1 Å². The second-order valence-electron chi connectivity index (χ2n) is 3.66. The summed E-state index contributed by atoms with van der Waals surface area (Å²) in [5.41, 5.74) is 8.30. The number of nitrogens with two attached hydrogens (primary N) is 1. The minimum atomic E-state index is 0.0891. The topological polar surface area (TPSA) is 26.0 Å². The zero-order valence-corrected chi connectivity index (χ0v) is 8.86. The summed E-state index contributed by atoms with van der Waals surface area (Å²) in [5, 5.41) is 1.43. The van der Waals surface area contributed by atoms with E-state index in [1.165, 1.54) is 5.56 Å². The highest BCUT2D eigenvalue weighted by molar-refractivity contribution is 6.35. The largest absolute Gasteiger partial charge is 0.324 e. The van der Waals surface area contributed by atoms with Crippen molar-refractivity contribution in [3.8, 4) is 0 Å². The molecule has 0 aromatic heterocycles. The standard InChI is InChI=1S/C10H11Cl2N/c1-5-2-7-8(10(5)13)3-6(11)4-9(7)12/h3-5,10H,2,13H2,1H3. The van der Waals surface area contributed by atoms with E-state index in [-0.39, 0.29) is 6.04 Å². The Labute approximate surface area is 87.8 Å². The molecule has 0 saturated heterocycles. The summed E-state index contributed by atoms with van der Waals surface area (Å²) in [6.45, 7) is 2.13. The smallest absolute Gasteiger partial charge is 0.0456 e. The molecule has 0 aliphatic heterocycles. The van der Waals surface area contributed by atoms with Crippen LogP contribution in [0.5, 0.6) is 0 Å². The third-order valence-electron chi connectivity index (χ3n) is 2.69. The Morgan fingerprint density at radius 1 is 1.38 bits per heavy atom. The number of benzene rings is 1. The van der Waals surface area contributed by atoms with E-state index in [1.54, 1.807) is 6.07 Å². The number of hydrogen-bond acceptors (Lipinski definition) is 1. The lowest BCUT2D eigenvalue weighted by molar-refractivity contribution is 0.513. The summed E-state index contributed by atoms with van der Waals surface area (Å²) in [6.07, 6.45) is 0.965. The Bertz CT molecular complexity index is 349. The van der Waals surface area contributed by atoms with Crippen molar-refractivity contribution in [3.05, 3.63) is 33.3 Å². The van der Waals surface area contributed by atoms with Gasteiger partial charge in [-0.15, -0.1) is 0 Å². The molecule has 13 heavy (non-hydrogen) atoms. The van der Waals surface area contributed by atoms with Crippen LogP contribution in [0.2, 0.25) is 10.0 Å². The number of fused-ring (bicyclic) bond motifs is 1. The van der Waals surface area contributed by atoms with Crippen molar-refractivity contribution >= 4 is 23.2 Å². The molecular formula is C10H11Cl2N. The van der Waals surface area contributed by atoms with E-state index in [9.17, 15) is 0 Å². The molecule has 0 amide bonds. The van der Waals surface area contributed by atoms with Crippen LogP contribution in [0.25, 0.3) is 0 Å². The molecular weight excluding hydrogens is 205 g/mol. The van der Waals surface area contributed by atoms with Gasteiger partial charge in [0.2, 0.25) is 0 Å². The molecule has 70 valence electrons. The van der Waals surface area contributed by atoms with Crippen molar-refractivity contribution in [2.75, 3.05) is 0 Å². The van der Waals surface area contributed by atoms with Crippen molar-refractivity contribution in [1.82, 2.24) is 0 Å². The summed E-state index contributed by atoms with van der Waals surface area (Å²) in [6, 6.07) is 3.80. The molecule has 0 heterocycles. The molecule has 2 N–H and O–H groups in total. The minimum absolute atomic E-state index is 0.0891. The quantitative estimate of drug-likeness (QED) is 0.708. The van der Waals surface area contributed by atoms with E-state index in [2.05, 4.69) is 6.92 Å². The molecule has 1 aromatic carbocycles. The van der Waals surface area contributed by atoms with Gasteiger partial charge in [0.15, 0.2) is 0 Å². The predicted octanol–water partition coefficient (Wildman–Crippen LogP) is 3.19. The van der Waals surface area contributed by atoms with Crippen LogP contribution < -0.4 is 5.73 Å². The zero-order chi connectivity index (χ0) is 9.59. The van der Waals surface area contributed by atoms with Gasteiger partial charge in [-0.2, -0.15) is 0 Å². The maximum atomic E-state index is 6.07. The highest BCUT2D eigenvalue weighted by Gasteiger charge is 2.28. The van der Waals surface area contributed by atoms with Gasteiger partial charge in [-0.3, -0.25) is 0 Å². The van der Waals surface area contributed by atoms with Gasteiger partial charge in [-0.05, 0) is 35.6 Å². The van der Waals surface area contributed by atoms with Crippen LogP contribution in [-0.2, 0) is 6.42 Å². The van der Waals surface area contributed by atoms with Gasteiger partial charge in [-0.1, -0.05) is 30.1 Å². The monoisotopic (exact) mass is 215 g/mol. The minimum Gasteiger partial charge on any atom is -0.324 e. The van der Waals surface area contributed by atoms with Crippen LogP contribution in [0.4, 0.5) is 0 Å². The van der Waals surface area contributed by atoms with Gasteiger partial charge < -0.3 is 5.73 Å². The highest BCUT2D eigenvalue weighted by atomic mass is 35.5. The molecule has 1 aliphatic rings. The summed E-state index contributed by atoms with van der Waals surface area (Å²) in [4.78, 5) is 0. The second-order valence-corrected chi connectivity index (χ2v) is 4.51. The first-order chi connectivity index (χ1) is 6.09. The average molecular weight is 216 g/mol. The number of halogens is 2. The lowest BCUT2D eigenvalue weighted by Crippen LogP contribution is -2.13. The van der Waals surface area contributed by atoms with Crippen molar-refractivity contribution in [2.24, 2.45) is 11.7 Å². The van der Waals surface area contributed by atoms with Crippen molar-refractivity contribution in [2.45, 2.75) is 19.4 Å². The molecule has 0 radical (unpaired) electrons. The van der Waals surface area contributed by atoms with Crippen LogP contribution in [0, 0.1) is 5.92 Å². The van der Waals surface area contributed by atoms with E-state index in [0.29, 0.717) is 10.9 Å². The molecule has 0 saturated carbocycles. The first-order valence-corrected chi connectivity index (χ1v) is 5.08. The molecule has 0 fully saturated rings. The Balaban J connectivity index is 2.57. The van der Waals surface area contributed by atoms with E-state index < -0.39 is 0 Å². The summed E-state index contributed by atoms with van der Waals surface area (Å²) >= 11 is 12.0. The first-order valence-electron chi connectivity index (χ1n) is 4.33. The average Bonchev–Trinajstić information content (AvgIpc) is 2.32. The molecule has 2 atom stereocenters. The molecule has 0 bridgehead atoms. The summed E-state index contributed by atoms with van der Waals surface area (Å²) in [7, 11) is 0. The zero-order valence-electron chi connectivity index (χ0n) is 7.35. The maximum absolute atomic E-state index is 6.07. The van der Waals surface area contributed by atoms with Gasteiger partial charge in [0.05, 0.1) is 0 Å². The fourth-order valence-corrected chi connectivity index (χ4v) is 2.48. The molecule has 1 aromatic rings. The predicted molar refractivity (Wildman–Crippen MR) is 56.3 cm³/mol. The molecule has 2 unspecified atom stereocenters. The van der Waals surface area contributed by atoms with Gasteiger partial charge in [0.1, 0.15) is 0 Å². The van der Waals surface area contributed by atoms with Crippen LogP contribution in [0.1, 0.15) is 24.1 Å². The third kappa shape index (κ3) is 1.45. The first kappa shape index (κ1) is 9.32. The summed E-state index contributed by atoms with van der Waals surface area (Å²) in [5.74, 6) is 0.464. The SMILES string of the molecule is CC1Cc2c(Cl)cc(Cl)cc2C1N. The van der Waals surface area contributed by atoms with Crippen molar-refractivity contribution in [1.29, 1.82) is 0 Å². The molecule has 1 nitrogen and oxygen atoms in total. The third-order valence-corrected chi connectivity index (χ3v) is 3.25. The Kier molecular flexibility index (Phi) is 2.26. The fourth-order valence-electron chi connectivity index (χ4n) is 1.89. The van der Waals surface area contributed by atoms with Gasteiger partial charge in [0.25, 0.3) is 0 Å². The van der Waals surface area contributed by atoms with Gasteiger partial charge >= 0.3 is 0 Å². The maximum Gasteiger partial charge on any atom is 0.0456 e. The summed E-state index contributed by atoms with van der Waals surface area (Å²) < 4.78 is 0. The van der Waals surface area contributed by atoms with Crippen molar-refractivity contribution in [3.63, 3.8) is 0 Å². The lowest BCUT2D eigenvalue weighted by atomic mass is 10.0. The van der Waals surface area contributed by atoms with Crippen molar-refractivity contribution < 1.29 is 0 Å². The Morgan fingerprint density at radius 3 is 2.77 bits per heavy atom. The van der Waals surface area contributed by atoms with Crippen LogP contribution in [-0.4, -0.2) is 0 Å². The molecule has 2 rings (SSSR count). The second kappa shape index (κ2) is 3.16. The molecule has 0 spiro atoms. The lowest BCUT2D eigenvalue weighted by Gasteiger charge is -2.09. The van der Waals surface area contributed by atoms with E-state index in [1.807, 2.05) is 6.07 Å². The van der Waals surface area contributed by atoms with E-state index in [0.717, 1.165) is 17.0 Å². The number of rotatable bonds is 0.